The van der Waals surface area contributed by atoms with E-state index in [2.05, 4.69) is 4.98 Å². The van der Waals surface area contributed by atoms with Gasteiger partial charge in [-0.2, -0.15) is 0 Å². The maximum Gasteiger partial charge on any atom is 0.306 e. The first kappa shape index (κ1) is 11.4. The molecule has 0 fully saturated rings. The molecule has 0 aliphatic heterocycles. The molecule has 1 N–H and O–H groups in total. The van der Waals surface area contributed by atoms with Crippen LogP contribution < -0.4 is 4.74 Å². The van der Waals surface area contributed by atoms with Crippen molar-refractivity contribution < 1.29 is 14.6 Å². The van der Waals surface area contributed by atoms with Gasteiger partial charge in [0.05, 0.1) is 13.0 Å². The van der Waals surface area contributed by atoms with E-state index in [-0.39, 0.29) is 13.0 Å². The highest BCUT2D eigenvalue weighted by Crippen LogP contribution is 2.23. The Hall–Kier alpha value is -2.10. The van der Waals surface area contributed by atoms with Crippen molar-refractivity contribution in [1.82, 2.24) is 4.98 Å². The van der Waals surface area contributed by atoms with E-state index in [0.29, 0.717) is 5.75 Å². The van der Waals surface area contributed by atoms with Crippen LogP contribution in [-0.2, 0) is 4.79 Å². The van der Waals surface area contributed by atoms with E-state index < -0.39 is 5.97 Å². The maximum absolute atomic E-state index is 10.4. The number of aliphatic carboxylic acids is 1. The molecule has 88 valence electrons. The Morgan fingerprint density at radius 1 is 1.35 bits per heavy atom. The Morgan fingerprint density at radius 3 is 2.94 bits per heavy atom. The monoisotopic (exact) mass is 231 g/mol. The molecule has 0 aliphatic rings. The van der Waals surface area contributed by atoms with Crippen molar-refractivity contribution in [3.8, 4) is 5.75 Å². The Labute approximate surface area is 98.9 Å². The van der Waals surface area contributed by atoms with Gasteiger partial charge in [0.2, 0.25) is 0 Å². The summed E-state index contributed by atoms with van der Waals surface area (Å²) in [6, 6.07) is 9.53. The molecular weight excluding hydrogens is 218 g/mol. The zero-order valence-electron chi connectivity index (χ0n) is 9.51. The number of carboxylic acids is 1. The van der Waals surface area contributed by atoms with Crippen LogP contribution >= 0.6 is 0 Å². The predicted molar refractivity (Wildman–Crippen MR) is 64.2 cm³/mol. The molecule has 1 heterocycles. The standard InChI is InChI=1S/C13H13NO3/c1-9-5-6-10-3-2-4-11(13(10)14-9)17-8-7-12(15)16/h2-6H,7-8H2,1H3,(H,15,16). The Morgan fingerprint density at radius 2 is 2.18 bits per heavy atom. The van der Waals surface area contributed by atoms with Crippen LogP contribution in [0.2, 0.25) is 0 Å². The van der Waals surface area contributed by atoms with Gasteiger partial charge < -0.3 is 9.84 Å². The van der Waals surface area contributed by atoms with Crippen molar-refractivity contribution in [1.29, 1.82) is 0 Å². The van der Waals surface area contributed by atoms with Gasteiger partial charge in [-0.05, 0) is 19.1 Å². The highest BCUT2D eigenvalue weighted by atomic mass is 16.5. The molecule has 0 unspecified atom stereocenters. The van der Waals surface area contributed by atoms with Gasteiger partial charge in [0.1, 0.15) is 11.3 Å². The Balaban J connectivity index is 2.27. The fraction of sp³-hybridized carbons (Fsp3) is 0.231. The van der Waals surface area contributed by atoms with Crippen LogP contribution in [0.25, 0.3) is 10.9 Å². The van der Waals surface area contributed by atoms with Crippen LogP contribution in [0, 0.1) is 6.92 Å². The SMILES string of the molecule is Cc1ccc2cccc(OCCC(=O)O)c2n1. The van der Waals surface area contributed by atoms with E-state index in [4.69, 9.17) is 9.84 Å². The quantitative estimate of drug-likeness (QED) is 0.877. The molecule has 1 aromatic heterocycles. The number of carbonyl (C=O) groups is 1. The number of fused-ring (bicyclic) bond motifs is 1. The third-order valence-electron chi connectivity index (χ3n) is 2.40. The predicted octanol–water partition coefficient (Wildman–Crippen LogP) is 2.40. The first-order valence-electron chi connectivity index (χ1n) is 5.38. The lowest BCUT2D eigenvalue weighted by atomic mass is 10.2. The summed E-state index contributed by atoms with van der Waals surface area (Å²) in [7, 11) is 0. The Bertz CT molecular complexity index is 551. The summed E-state index contributed by atoms with van der Waals surface area (Å²) >= 11 is 0. The summed E-state index contributed by atoms with van der Waals surface area (Å²) < 4.78 is 5.44. The molecule has 17 heavy (non-hydrogen) atoms. The number of ether oxygens (including phenoxy) is 1. The zero-order chi connectivity index (χ0) is 12.3. The normalized spacial score (nSPS) is 10.4. The fourth-order valence-electron chi connectivity index (χ4n) is 1.58. The van der Waals surface area contributed by atoms with Gasteiger partial charge in [0, 0.05) is 11.1 Å². The minimum Gasteiger partial charge on any atom is -0.491 e. The van der Waals surface area contributed by atoms with Crippen molar-refractivity contribution in [3.63, 3.8) is 0 Å². The van der Waals surface area contributed by atoms with Gasteiger partial charge in [0.25, 0.3) is 0 Å². The van der Waals surface area contributed by atoms with E-state index in [0.717, 1.165) is 16.6 Å². The van der Waals surface area contributed by atoms with E-state index in [1.54, 1.807) is 6.07 Å². The molecule has 2 aromatic rings. The number of carboxylic acid groups (broad SMARTS) is 1. The first-order valence-corrected chi connectivity index (χ1v) is 5.38. The van der Waals surface area contributed by atoms with Crippen molar-refractivity contribution >= 4 is 16.9 Å². The molecule has 0 atom stereocenters. The van der Waals surface area contributed by atoms with Crippen molar-refractivity contribution in [2.75, 3.05) is 6.61 Å². The van der Waals surface area contributed by atoms with Gasteiger partial charge in [-0.1, -0.05) is 18.2 Å². The number of para-hydroxylation sites is 1. The lowest BCUT2D eigenvalue weighted by molar-refractivity contribution is -0.137. The number of rotatable bonds is 4. The van der Waals surface area contributed by atoms with Crippen LogP contribution in [0.1, 0.15) is 12.1 Å². The van der Waals surface area contributed by atoms with Crippen LogP contribution in [0.15, 0.2) is 30.3 Å². The number of aryl methyl sites for hydroxylation is 1. The highest BCUT2D eigenvalue weighted by Gasteiger charge is 2.04. The molecule has 0 amide bonds. The molecule has 4 nitrogen and oxygen atoms in total. The van der Waals surface area contributed by atoms with Gasteiger partial charge in [-0.3, -0.25) is 4.79 Å². The summed E-state index contributed by atoms with van der Waals surface area (Å²) in [4.78, 5) is 14.8. The highest BCUT2D eigenvalue weighted by molar-refractivity contribution is 5.84. The maximum atomic E-state index is 10.4. The van der Waals surface area contributed by atoms with Crippen molar-refractivity contribution in [2.24, 2.45) is 0 Å². The molecule has 0 aliphatic carbocycles. The summed E-state index contributed by atoms with van der Waals surface area (Å²) in [5.74, 6) is -0.234. The number of hydrogen-bond acceptors (Lipinski definition) is 3. The van der Waals surface area contributed by atoms with Crippen LogP contribution in [0.5, 0.6) is 5.75 Å². The number of pyridine rings is 1. The van der Waals surface area contributed by atoms with Crippen molar-refractivity contribution in [3.05, 3.63) is 36.0 Å². The molecule has 0 bridgehead atoms. The second-order valence-corrected chi connectivity index (χ2v) is 3.77. The van der Waals surface area contributed by atoms with E-state index in [1.807, 2.05) is 31.2 Å². The lowest BCUT2D eigenvalue weighted by Gasteiger charge is -2.07. The van der Waals surface area contributed by atoms with Gasteiger partial charge in [-0.15, -0.1) is 0 Å². The lowest BCUT2D eigenvalue weighted by Crippen LogP contribution is -2.05. The molecular formula is C13H13NO3. The zero-order valence-corrected chi connectivity index (χ0v) is 9.51. The minimum absolute atomic E-state index is 0.0117. The third-order valence-corrected chi connectivity index (χ3v) is 2.40. The number of nitrogens with zero attached hydrogens (tertiary/aromatic N) is 1. The minimum atomic E-state index is -0.866. The summed E-state index contributed by atoms with van der Waals surface area (Å²) in [6.07, 6.45) is -0.0117. The van der Waals surface area contributed by atoms with Gasteiger partial charge in [-0.25, -0.2) is 4.98 Å². The fourth-order valence-corrected chi connectivity index (χ4v) is 1.58. The molecule has 0 saturated heterocycles. The molecule has 0 saturated carbocycles. The van der Waals surface area contributed by atoms with Crippen LogP contribution in [0.3, 0.4) is 0 Å². The second kappa shape index (κ2) is 4.82. The molecule has 2 rings (SSSR count). The molecule has 1 aromatic carbocycles. The third kappa shape index (κ3) is 2.72. The first-order chi connectivity index (χ1) is 8.16. The Kier molecular flexibility index (Phi) is 3.23. The number of aromatic nitrogens is 1. The van der Waals surface area contributed by atoms with E-state index >= 15 is 0 Å². The average molecular weight is 231 g/mol. The van der Waals surface area contributed by atoms with E-state index in [1.165, 1.54) is 0 Å². The topological polar surface area (TPSA) is 59.4 Å². The van der Waals surface area contributed by atoms with Crippen LogP contribution in [0.4, 0.5) is 0 Å². The van der Waals surface area contributed by atoms with E-state index in [9.17, 15) is 4.79 Å². The van der Waals surface area contributed by atoms with Crippen molar-refractivity contribution in [2.45, 2.75) is 13.3 Å². The molecule has 0 spiro atoms. The average Bonchev–Trinajstić information content (AvgIpc) is 2.29. The summed E-state index contributed by atoms with van der Waals surface area (Å²) in [5, 5.41) is 9.54. The van der Waals surface area contributed by atoms with Crippen LogP contribution in [-0.4, -0.2) is 22.7 Å². The van der Waals surface area contributed by atoms with Gasteiger partial charge >= 0.3 is 5.97 Å². The smallest absolute Gasteiger partial charge is 0.306 e. The molecule has 0 radical (unpaired) electrons. The summed E-state index contributed by atoms with van der Waals surface area (Å²) in [5.41, 5.74) is 1.68. The largest absolute Gasteiger partial charge is 0.491 e. The number of benzene rings is 1. The summed E-state index contributed by atoms with van der Waals surface area (Å²) in [6.45, 7) is 2.07. The second-order valence-electron chi connectivity index (χ2n) is 3.77. The molecule has 4 heteroatoms. The number of hydrogen-bond donors (Lipinski definition) is 1. The van der Waals surface area contributed by atoms with Gasteiger partial charge in [0.15, 0.2) is 0 Å².